The van der Waals surface area contributed by atoms with Gasteiger partial charge in [-0.05, 0) is 32.1 Å². The van der Waals surface area contributed by atoms with Crippen molar-refractivity contribution in [2.75, 3.05) is 7.05 Å². The molecule has 5 heteroatoms. The molecule has 2 atom stereocenters. The lowest BCUT2D eigenvalue weighted by atomic mass is 9.87. The number of hydrogen-bond acceptors (Lipinski definition) is 3. The van der Waals surface area contributed by atoms with Crippen LogP contribution in [0.4, 0.5) is 0 Å². The van der Waals surface area contributed by atoms with Gasteiger partial charge >= 0.3 is 7.05 Å². The van der Waals surface area contributed by atoms with E-state index in [1.807, 2.05) is 0 Å². The van der Waals surface area contributed by atoms with Gasteiger partial charge in [0.25, 0.3) is 0 Å². The molecule has 1 saturated carbocycles. The average molecular weight is 184 g/mol. The van der Waals surface area contributed by atoms with Gasteiger partial charge in [0.05, 0.1) is 0 Å². The second-order valence-electron chi connectivity index (χ2n) is 3.66. The molecule has 0 heterocycles. The molecule has 74 valence electrons. The highest BCUT2D eigenvalue weighted by Gasteiger charge is 2.29. The largest absolute Gasteiger partial charge is 0.437 e. The van der Waals surface area contributed by atoms with Crippen LogP contribution in [0.25, 0.3) is 0 Å². The highest BCUT2D eigenvalue weighted by molar-refractivity contribution is 6.45. The molecular weight excluding hydrogens is 167 g/mol. The van der Waals surface area contributed by atoms with Crippen molar-refractivity contribution in [3.63, 3.8) is 0 Å². The van der Waals surface area contributed by atoms with Crippen molar-refractivity contribution in [3.8, 4) is 0 Å². The molecule has 1 fully saturated rings. The Kier molecular flexibility index (Phi) is 3.75. The number of nitrogens with one attached hydrogen (secondary N) is 2. The third-order valence-electron chi connectivity index (χ3n) is 2.53. The number of carbonyl (C=O) groups excluding carboxylic acids is 1. The Morgan fingerprint density at radius 1 is 1.54 bits per heavy atom. The molecular formula is C8H17BN2O2. The molecule has 0 saturated heterocycles. The number of hydrogen-bond donors (Lipinski definition) is 3. The summed E-state index contributed by atoms with van der Waals surface area (Å²) >= 11 is 0. The van der Waals surface area contributed by atoms with Crippen molar-refractivity contribution < 1.29 is 9.82 Å². The summed E-state index contributed by atoms with van der Waals surface area (Å²) in [5.41, 5.74) is 0. The Labute approximate surface area is 79.2 Å². The Morgan fingerprint density at radius 2 is 2.23 bits per heavy atom. The van der Waals surface area contributed by atoms with Crippen molar-refractivity contribution in [1.29, 1.82) is 0 Å². The number of amides is 1. The van der Waals surface area contributed by atoms with Crippen molar-refractivity contribution in [1.82, 2.24) is 10.5 Å². The summed E-state index contributed by atoms with van der Waals surface area (Å²) < 4.78 is 0. The lowest BCUT2D eigenvalue weighted by Gasteiger charge is -2.12. The lowest BCUT2D eigenvalue weighted by Crippen LogP contribution is -2.39. The number of carbonyl (C=O) groups is 1. The summed E-state index contributed by atoms with van der Waals surface area (Å²) in [6.45, 7) is 1.70. The maximum atomic E-state index is 11.2. The first-order chi connectivity index (χ1) is 6.13. The van der Waals surface area contributed by atoms with E-state index in [0.29, 0.717) is 6.04 Å². The SMILES string of the molecule is CNC(=O)C1CCC(NB(C)O)C1. The van der Waals surface area contributed by atoms with Gasteiger partial charge in [-0.3, -0.25) is 4.79 Å². The fourth-order valence-corrected chi connectivity index (χ4v) is 1.92. The van der Waals surface area contributed by atoms with Crippen LogP contribution in [0.2, 0.25) is 6.82 Å². The molecule has 0 radical (unpaired) electrons. The molecule has 13 heavy (non-hydrogen) atoms. The second-order valence-corrected chi connectivity index (χ2v) is 3.66. The topological polar surface area (TPSA) is 61.4 Å². The normalized spacial score (nSPS) is 27.3. The third-order valence-corrected chi connectivity index (χ3v) is 2.53. The van der Waals surface area contributed by atoms with Crippen LogP contribution in [-0.2, 0) is 4.79 Å². The summed E-state index contributed by atoms with van der Waals surface area (Å²) in [4.78, 5) is 11.2. The van der Waals surface area contributed by atoms with Gasteiger partial charge in [-0.25, -0.2) is 0 Å². The van der Waals surface area contributed by atoms with E-state index in [-0.39, 0.29) is 11.8 Å². The molecule has 1 amide bonds. The van der Waals surface area contributed by atoms with E-state index < -0.39 is 7.05 Å². The molecule has 2 unspecified atom stereocenters. The van der Waals surface area contributed by atoms with Crippen LogP contribution in [0.5, 0.6) is 0 Å². The van der Waals surface area contributed by atoms with Crippen molar-refractivity contribution in [3.05, 3.63) is 0 Å². The minimum Gasteiger partial charge on any atom is -0.437 e. The summed E-state index contributed by atoms with van der Waals surface area (Å²) in [6, 6.07) is 0.294. The van der Waals surface area contributed by atoms with E-state index in [1.54, 1.807) is 13.9 Å². The van der Waals surface area contributed by atoms with Gasteiger partial charge in [0, 0.05) is 13.0 Å². The average Bonchev–Trinajstić information content (AvgIpc) is 2.50. The molecule has 4 nitrogen and oxygen atoms in total. The smallest absolute Gasteiger partial charge is 0.373 e. The van der Waals surface area contributed by atoms with Crippen molar-refractivity contribution >= 4 is 13.0 Å². The fraction of sp³-hybridized carbons (Fsp3) is 0.875. The molecule has 3 N–H and O–H groups in total. The monoisotopic (exact) mass is 184 g/mol. The van der Waals surface area contributed by atoms with Gasteiger partial charge in [-0.2, -0.15) is 0 Å². The van der Waals surface area contributed by atoms with Crippen LogP contribution in [0, 0.1) is 5.92 Å². The Balaban J connectivity index is 2.32. The van der Waals surface area contributed by atoms with Gasteiger partial charge in [0.15, 0.2) is 0 Å². The molecule has 0 aromatic heterocycles. The van der Waals surface area contributed by atoms with E-state index in [4.69, 9.17) is 5.02 Å². The van der Waals surface area contributed by atoms with E-state index in [1.165, 1.54) is 0 Å². The molecule has 0 aliphatic heterocycles. The standard InChI is InChI=1S/C8H17BN2O2/c1-9(13)11-7-4-3-6(5-7)8(12)10-2/h6-7,11,13H,3-5H2,1-2H3,(H,10,12). The van der Waals surface area contributed by atoms with Gasteiger partial charge < -0.3 is 15.6 Å². The second kappa shape index (κ2) is 4.62. The van der Waals surface area contributed by atoms with Gasteiger partial charge in [-0.15, -0.1) is 0 Å². The molecule has 1 aliphatic rings. The van der Waals surface area contributed by atoms with Gasteiger partial charge in [0.2, 0.25) is 5.91 Å². The zero-order valence-electron chi connectivity index (χ0n) is 8.21. The third kappa shape index (κ3) is 3.01. The quantitative estimate of drug-likeness (QED) is 0.523. The minimum atomic E-state index is -0.478. The van der Waals surface area contributed by atoms with Crippen LogP contribution in [-0.4, -0.2) is 31.1 Å². The van der Waals surface area contributed by atoms with E-state index >= 15 is 0 Å². The lowest BCUT2D eigenvalue weighted by molar-refractivity contribution is -0.124. The Bertz CT molecular complexity index is 187. The maximum absolute atomic E-state index is 11.2. The van der Waals surface area contributed by atoms with Gasteiger partial charge in [-0.1, -0.05) is 0 Å². The van der Waals surface area contributed by atoms with Crippen molar-refractivity contribution in [2.24, 2.45) is 5.92 Å². The first kappa shape index (κ1) is 10.5. The van der Waals surface area contributed by atoms with E-state index in [9.17, 15) is 4.79 Å². The highest BCUT2D eigenvalue weighted by atomic mass is 16.2. The zero-order valence-corrected chi connectivity index (χ0v) is 8.21. The molecule has 0 aromatic rings. The molecule has 1 aliphatic carbocycles. The fourth-order valence-electron chi connectivity index (χ4n) is 1.92. The van der Waals surface area contributed by atoms with Crippen LogP contribution >= 0.6 is 0 Å². The Hall–Kier alpha value is -0.545. The Morgan fingerprint density at radius 3 is 2.77 bits per heavy atom. The zero-order chi connectivity index (χ0) is 9.84. The first-order valence-electron chi connectivity index (χ1n) is 4.79. The van der Waals surface area contributed by atoms with E-state index in [2.05, 4.69) is 10.5 Å². The van der Waals surface area contributed by atoms with Gasteiger partial charge in [0.1, 0.15) is 0 Å². The predicted molar refractivity (Wildman–Crippen MR) is 52.2 cm³/mol. The molecule has 1 rings (SSSR count). The molecule has 0 bridgehead atoms. The van der Waals surface area contributed by atoms with Crippen LogP contribution < -0.4 is 10.5 Å². The summed E-state index contributed by atoms with van der Waals surface area (Å²) in [6.07, 6.45) is 2.73. The first-order valence-corrected chi connectivity index (χ1v) is 4.79. The number of rotatable bonds is 3. The minimum absolute atomic E-state index is 0.120. The summed E-state index contributed by atoms with van der Waals surface area (Å²) in [7, 11) is 1.19. The van der Waals surface area contributed by atoms with E-state index in [0.717, 1.165) is 19.3 Å². The molecule has 0 spiro atoms. The predicted octanol–water partition coefficient (Wildman–Crippen LogP) is -0.399. The summed E-state index contributed by atoms with van der Waals surface area (Å²) in [5.74, 6) is 0.246. The van der Waals surface area contributed by atoms with Crippen LogP contribution in [0.15, 0.2) is 0 Å². The highest BCUT2D eigenvalue weighted by Crippen LogP contribution is 2.25. The molecule has 0 aromatic carbocycles. The summed E-state index contributed by atoms with van der Waals surface area (Å²) in [5, 5.41) is 14.8. The maximum Gasteiger partial charge on any atom is 0.373 e. The van der Waals surface area contributed by atoms with Crippen molar-refractivity contribution in [2.45, 2.75) is 32.1 Å². The van der Waals surface area contributed by atoms with Crippen LogP contribution in [0.1, 0.15) is 19.3 Å². The van der Waals surface area contributed by atoms with Crippen LogP contribution in [0.3, 0.4) is 0 Å².